The fourth-order valence-corrected chi connectivity index (χ4v) is 2.67. The minimum atomic E-state index is -0.979. The third-order valence-electron chi connectivity index (χ3n) is 3.61. The molecule has 1 fully saturated rings. The molecule has 0 radical (unpaired) electrons. The molecule has 1 amide bonds. The Balaban J connectivity index is 2.41. The number of nitrogens with zero attached hydrogens (tertiary/aromatic N) is 1. The maximum absolute atomic E-state index is 14.0. The van der Waals surface area contributed by atoms with Gasteiger partial charge in [0.05, 0.1) is 0 Å². The van der Waals surface area contributed by atoms with Crippen LogP contribution in [0.3, 0.4) is 0 Å². The summed E-state index contributed by atoms with van der Waals surface area (Å²) in [6, 6.07) is 4.31. The van der Waals surface area contributed by atoms with Crippen molar-refractivity contribution in [1.29, 1.82) is 0 Å². The maximum Gasteiger partial charge on any atom is 0.320 e. The number of rotatable bonds is 4. The molecule has 1 aliphatic heterocycles. The molecule has 108 valence electrons. The van der Waals surface area contributed by atoms with Crippen LogP contribution in [0.2, 0.25) is 0 Å². The summed E-state index contributed by atoms with van der Waals surface area (Å²) in [5, 5.41) is 11.7. The number of hydrogen-bond donors (Lipinski definition) is 2. The zero-order valence-corrected chi connectivity index (χ0v) is 11.2. The second-order valence-corrected chi connectivity index (χ2v) is 4.77. The molecule has 2 unspecified atom stereocenters. The highest BCUT2D eigenvalue weighted by molar-refractivity contribution is 5.84. The van der Waals surface area contributed by atoms with Crippen LogP contribution in [0.25, 0.3) is 0 Å². The summed E-state index contributed by atoms with van der Waals surface area (Å²) >= 11 is 0. The van der Waals surface area contributed by atoms with Gasteiger partial charge in [-0.2, -0.15) is 0 Å². The first-order valence-electron chi connectivity index (χ1n) is 6.51. The van der Waals surface area contributed by atoms with Crippen molar-refractivity contribution in [2.45, 2.75) is 24.9 Å². The monoisotopic (exact) mass is 280 g/mol. The van der Waals surface area contributed by atoms with Gasteiger partial charge in [-0.25, -0.2) is 4.39 Å². The number of benzene rings is 1. The van der Waals surface area contributed by atoms with Gasteiger partial charge in [0, 0.05) is 19.2 Å². The normalized spacial score (nSPS) is 20.6. The van der Waals surface area contributed by atoms with Gasteiger partial charge in [0.25, 0.3) is 0 Å². The number of aliphatic carboxylic acids is 1. The van der Waals surface area contributed by atoms with Crippen LogP contribution in [0, 0.1) is 5.82 Å². The Morgan fingerprint density at radius 1 is 1.45 bits per heavy atom. The van der Waals surface area contributed by atoms with Crippen LogP contribution in [0.5, 0.6) is 0 Å². The molecule has 6 heteroatoms. The van der Waals surface area contributed by atoms with E-state index in [4.69, 9.17) is 0 Å². The van der Waals surface area contributed by atoms with Crippen molar-refractivity contribution in [2.24, 2.45) is 0 Å². The van der Waals surface area contributed by atoms with Crippen molar-refractivity contribution in [3.05, 3.63) is 35.6 Å². The summed E-state index contributed by atoms with van der Waals surface area (Å²) in [6.07, 6.45) is 1.15. The van der Waals surface area contributed by atoms with Gasteiger partial charge in [0.15, 0.2) is 0 Å². The summed E-state index contributed by atoms with van der Waals surface area (Å²) in [6.45, 7) is 0.462. The van der Waals surface area contributed by atoms with Gasteiger partial charge in [-0.05, 0) is 18.9 Å². The van der Waals surface area contributed by atoms with Crippen molar-refractivity contribution < 1.29 is 19.1 Å². The highest BCUT2D eigenvalue weighted by atomic mass is 19.1. The number of carboxylic acid groups (broad SMARTS) is 1. The van der Waals surface area contributed by atoms with Gasteiger partial charge >= 0.3 is 5.97 Å². The Hall–Kier alpha value is -1.95. The molecular formula is C14H17FN2O3. The highest BCUT2D eigenvalue weighted by Gasteiger charge is 2.40. The molecule has 1 aromatic carbocycles. The Morgan fingerprint density at radius 3 is 2.75 bits per heavy atom. The van der Waals surface area contributed by atoms with Crippen molar-refractivity contribution >= 4 is 11.9 Å². The topological polar surface area (TPSA) is 69.6 Å². The smallest absolute Gasteiger partial charge is 0.320 e. The fraction of sp³-hybridized carbons (Fsp3) is 0.429. The number of halogens is 1. The van der Waals surface area contributed by atoms with Crippen molar-refractivity contribution in [1.82, 2.24) is 10.2 Å². The molecule has 1 aliphatic rings. The predicted octanol–water partition coefficient (Wildman–Crippen LogP) is 1.16. The largest absolute Gasteiger partial charge is 0.480 e. The van der Waals surface area contributed by atoms with E-state index < -0.39 is 29.8 Å². The quantitative estimate of drug-likeness (QED) is 0.868. The third-order valence-corrected chi connectivity index (χ3v) is 3.61. The van der Waals surface area contributed by atoms with E-state index in [9.17, 15) is 19.1 Å². The van der Waals surface area contributed by atoms with E-state index in [2.05, 4.69) is 5.32 Å². The third kappa shape index (κ3) is 2.65. The van der Waals surface area contributed by atoms with Gasteiger partial charge in [-0.15, -0.1) is 0 Å². The van der Waals surface area contributed by atoms with Gasteiger partial charge < -0.3 is 10.4 Å². The van der Waals surface area contributed by atoms with Gasteiger partial charge in [-0.3, -0.25) is 14.5 Å². The molecule has 2 N–H and O–H groups in total. The van der Waals surface area contributed by atoms with Crippen LogP contribution in [0.4, 0.5) is 4.39 Å². The van der Waals surface area contributed by atoms with Crippen LogP contribution >= 0.6 is 0 Å². The molecule has 20 heavy (non-hydrogen) atoms. The predicted molar refractivity (Wildman–Crippen MR) is 70.6 cm³/mol. The Kier molecular flexibility index (Phi) is 4.34. The van der Waals surface area contributed by atoms with Crippen molar-refractivity contribution in [3.8, 4) is 0 Å². The summed E-state index contributed by atoms with van der Waals surface area (Å²) in [4.78, 5) is 24.9. The first-order valence-corrected chi connectivity index (χ1v) is 6.51. The summed E-state index contributed by atoms with van der Waals surface area (Å²) in [7, 11) is 1.46. The van der Waals surface area contributed by atoms with E-state index in [1.807, 2.05) is 0 Å². The number of carboxylic acids is 1. The van der Waals surface area contributed by atoms with Crippen molar-refractivity contribution in [2.75, 3.05) is 13.6 Å². The molecule has 0 aliphatic carbocycles. The van der Waals surface area contributed by atoms with Crippen LogP contribution in [-0.2, 0) is 9.59 Å². The molecule has 0 aromatic heterocycles. The van der Waals surface area contributed by atoms with Crippen LogP contribution in [0.1, 0.15) is 24.4 Å². The van der Waals surface area contributed by atoms with E-state index in [-0.39, 0.29) is 5.56 Å². The average Bonchev–Trinajstić information content (AvgIpc) is 2.90. The minimum Gasteiger partial charge on any atom is -0.480 e. The van der Waals surface area contributed by atoms with Crippen LogP contribution < -0.4 is 5.32 Å². The highest BCUT2D eigenvalue weighted by Crippen LogP contribution is 2.31. The second kappa shape index (κ2) is 6.00. The van der Waals surface area contributed by atoms with E-state index in [0.29, 0.717) is 19.4 Å². The standard InChI is InChI=1S/C14H17FN2O3/c1-16-13(18)12(9-5-2-3-6-10(9)15)17-8-4-7-11(17)14(19)20/h2-3,5-6,11-12H,4,7-8H2,1H3,(H,16,18)(H,19,20). The summed E-state index contributed by atoms with van der Waals surface area (Å²) in [5.74, 6) is -1.88. The van der Waals surface area contributed by atoms with E-state index in [1.54, 1.807) is 17.0 Å². The molecule has 5 nitrogen and oxygen atoms in total. The summed E-state index contributed by atoms with van der Waals surface area (Å²) in [5.41, 5.74) is 0.208. The van der Waals surface area contributed by atoms with Gasteiger partial charge in [0.1, 0.15) is 17.9 Å². The Bertz CT molecular complexity index is 521. The number of hydrogen-bond acceptors (Lipinski definition) is 3. The zero-order chi connectivity index (χ0) is 14.7. The van der Waals surface area contributed by atoms with Gasteiger partial charge in [0.2, 0.25) is 5.91 Å². The number of amides is 1. The number of nitrogens with one attached hydrogen (secondary N) is 1. The van der Waals surface area contributed by atoms with E-state index in [1.165, 1.54) is 19.2 Å². The first-order chi connectivity index (χ1) is 9.56. The molecule has 0 saturated carbocycles. The SMILES string of the molecule is CNC(=O)C(c1ccccc1F)N1CCCC1C(=O)O. The first kappa shape index (κ1) is 14.5. The molecule has 1 heterocycles. The van der Waals surface area contributed by atoms with Crippen LogP contribution in [-0.4, -0.2) is 41.5 Å². The second-order valence-electron chi connectivity index (χ2n) is 4.77. The lowest BCUT2D eigenvalue weighted by Gasteiger charge is -2.30. The number of likely N-dealkylation sites (N-methyl/N-ethyl adjacent to an activating group) is 1. The number of carbonyl (C=O) groups is 2. The lowest BCUT2D eigenvalue weighted by molar-refractivity contribution is -0.144. The molecule has 0 bridgehead atoms. The average molecular weight is 280 g/mol. The van der Waals surface area contributed by atoms with E-state index >= 15 is 0 Å². The maximum atomic E-state index is 14.0. The lowest BCUT2D eigenvalue weighted by Crippen LogP contribution is -2.45. The lowest BCUT2D eigenvalue weighted by atomic mass is 10.0. The molecular weight excluding hydrogens is 263 g/mol. The molecule has 0 spiro atoms. The molecule has 2 rings (SSSR count). The molecule has 1 aromatic rings. The Labute approximate surface area is 116 Å². The van der Waals surface area contributed by atoms with Crippen LogP contribution in [0.15, 0.2) is 24.3 Å². The number of carbonyl (C=O) groups excluding carboxylic acids is 1. The molecule has 1 saturated heterocycles. The molecule has 2 atom stereocenters. The minimum absolute atomic E-state index is 0.208. The summed E-state index contributed by atoms with van der Waals surface area (Å²) < 4.78 is 14.0. The zero-order valence-electron chi connectivity index (χ0n) is 11.2. The van der Waals surface area contributed by atoms with E-state index in [0.717, 1.165) is 0 Å². The number of likely N-dealkylation sites (tertiary alicyclic amines) is 1. The van der Waals surface area contributed by atoms with Gasteiger partial charge in [-0.1, -0.05) is 18.2 Å². The van der Waals surface area contributed by atoms with Crippen molar-refractivity contribution in [3.63, 3.8) is 0 Å². The Morgan fingerprint density at radius 2 is 2.15 bits per heavy atom. The fourth-order valence-electron chi connectivity index (χ4n) is 2.67.